The van der Waals surface area contributed by atoms with Crippen LogP contribution in [-0.2, 0) is 5.75 Å². The standard InChI is InChI=1S/C15H13ClN4OS3/c1-9(2)7-22-14-18-19-15(24-14)23-8-12-17-13(20-21-12)10-4-3-5-11(16)6-10/h3-6H,1,7-8H2,2H3. The fourth-order valence-corrected chi connectivity index (χ4v) is 4.57. The molecule has 0 fully saturated rings. The molecule has 0 N–H and O–H groups in total. The number of halogens is 1. The van der Waals surface area contributed by atoms with Gasteiger partial charge in [0.15, 0.2) is 8.68 Å². The molecule has 0 amide bonds. The Morgan fingerprint density at radius 1 is 1.29 bits per heavy atom. The van der Waals surface area contributed by atoms with Crippen LogP contribution in [0.1, 0.15) is 12.8 Å². The van der Waals surface area contributed by atoms with Gasteiger partial charge in [-0.25, -0.2) is 0 Å². The van der Waals surface area contributed by atoms with E-state index in [9.17, 15) is 0 Å². The van der Waals surface area contributed by atoms with E-state index in [-0.39, 0.29) is 0 Å². The summed E-state index contributed by atoms with van der Waals surface area (Å²) in [5, 5.41) is 12.9. The van der Waals surface area contributed by atoms with Gasteiger partial charge < -0.3 is 4.52 Å². The first-order valence-electron chi connectivity index (χ1n) is 6.92. The predicted molar refractivity (Wildman–Crippen MR) is 99.8 cm³/mol. The number of hydrogen-bond donors (Lipinski definition) is 0. The monoisotopic (exact) mass is 396 g/mol. The molecule has 5 nitrogen and oxygen atoms in total. The molecular weight excluding hydrogens is 384 g/mol. The average molecular weight is 397 g/mol. The van der Waals surface area contributed by atoms with E-state index >= 15 is 0 Å². The molecule has 0 radical (unpaired) electrons. The lowest BCUT2D eigenvalue weighted by atomic mass is 10.2. The number of rotatable bonds is 7. The second kappa shape index (κ2) is 8.15. The number of nitrogens with zero attached hydrogens (tertiary/aromatic N) is 4. The highest BCUT2D eigenvalue weighted by molar-refractivity contribution is 8.03. The molecule has 1 aromatic carbocycles. The quantitative estimate of drug-likeness (QED) is 0.401. The van der Waals surface area contributed by atoms with Crippen LogP contribution in [0.15, 0.2) is 49.6 Å². The van der Waals surface area contributed by atoms with Crippen LogP contribution in [0, 0.1) is 0 Å². The van der Waals surface area contributed by atoms with E-state index in [0.717, 1.165) is 25.6 Å². The third-order valence-corrected chi connectivity index (χ3v) is 6.34. The summed E-state index contributed by atoms with van der Waals surface area (Å²) in [6.07, 6.45) is 0. The van der Waals surface area contributed by atoms with Crippen molar-refractivity contribution in [2.75, 3.05) is 5.75 Å². The van der Waals surface area contributed by atoms with Gasteiger partial charge in [0, 0.05) is 16.3 Å². The minimum absolute atomic E-state index is 0.531. The highest BCUT2D eigenvalue weighted by Gasteiger charge is 2.11. The molecule has 9 heteroatoms. The highest BCUT2D eigenvalue weighted by atomic mass is 35.5. The lowest BCUT2D eigenvalue weighted by molar-refractivity contribution is 0.391. The molecule has 3 rings (SSSR count). The van der Waals surface area contributed by atoms with E-state index in [4.69, 9.17) is 16.1 Å². The normalized spacial score (nSPS) is 10.9. The zero-order valence-corrected chi connectivity index (χ0v) is 15.9. The third kappa shape index (κ3) is 4.83. The average Bonchev–Trinajstić information content (AvgIpc) is 3.20. The van der Waals surface area contributed by atoms with Crippen molar-refractivity contribution in [3.8, 4) is 11.4 Å². The Labute approximate surface area is 156 Å². The third-order valence-electron chi connectivity index (χ3n) is 2.70. The van der Waals surface area contributed by atoms with Crippen LogP contribution >= 0.6 is 46.5 Å². The largest absolute Gasteiger partial charge is 0.338 e. The van der Waals surface area contributed by atoms with Crippen molar-refractivity contribution in [3.63, 3.8) is 0 Å². The molecule has 0 spiro atoms. The second-order valence-electron chi connectivity index (χ2n) is 4.89. The van der Waals surface area contributed by atoms with Gasteiger partial charge in [-0.2, -0.15) is 4.98 Å². The van der Waals surface area contributed by atoms with Crippen molar-refractivity contribution >= 4 is 46.5 Å². The lowest BCUT2D eigenvalue weighted by Crippen LogP contribution is -1.83. The smallest absolute Gasteiger partial charge is 0.237 e. The van der Waals surface area contributed by atoms with Gasteiger partial charge in [-0.15, -0.1) is 10.2 Å². The summed E-state index contributed by atoms with van der Waals surface area (Å²) in [5.74, 6) is 2.48. The summed E-state index contributed by atoms with van der Waals surface area (Å²) in [6, 6.07) is 7.36. The van der Waals surface area contributed by atoms with Crippen LogP contribution in [0.4, 0.5) is 0 Å². The number of aromatic nitrogens is 4. The van der Waals surface area contributed by atoms with Crippen LogP contribution in [0.25, 0.3) is 11.4 Å². The van der Waals surface area contributed by atoms with Crippen molar-refractivity contribution in [2.45, 2.75) is 21.4 Å². The first kappa shape index (κ1) is 17.5. The molecule has 0 aliphatic heterocycles. The molecule has 0 aliphatic rings. The number of thioether (sulfide) groups is 2. The molecule has 0 bridgehead atoms. The summed E-state index contributed by atoms with van der Waals surface area (Å²) < 4.78 is 7.09. The summed E-state index contributed by atoms with van der Waals surface area (Å²) in [5.41, 5.74) is 1.95. The van der Waals surface area contributed by atoms with Crippen molar-refractivity contribution in [3.05, 3.63) is 47.3 Å². The van der Waals surface area contributed by atoms with E-state index in [0.29, 0.717) is 22.5 Å². The minimum atomic E-state index is 0.531. The maximum atomic E-state index is 5.98. The molecular formula is C15H13ClN4OS3. The Morgan fingerprint density at radius 2 is 2.08 bits per heavy atom. The number of hydrogen-bond acceptors (Lipinski definition) is 8. The van der Waals surface area contributed by atoms with E-state index < -0.39 is 0 Å². The van der Waals surface area contributed by atoms with Crippen molar-refractivity contribution in [1.82, 2.24) is 20.3 Å². The molecule has 0 unspecified atom stereocenters. The lowest BCUT2D eigenvalue weighted by Gasteiger charge is -1.94. The van der Waals surface area contributed by atoms with Gasteiger partial charge in [0.25, 0.3) is 0 Å². The van der Waals surface area contributed by atoms with Gasteiger partial charge in [-0.05, 0) is 19.1 Å². The molecule has 2 aromatic heterocycles. The van der Waals surface area contributed by atoms with E-state index in [1.54, 1.807) is 35.2 Å². The zero-order chi connectivity index (χ0) is 16.9. The Balaban J connectivity index is 1.58. The molecule has 24 heavy (non-hydrogen) atoms. The van der Waals surface area contributed by atoms with E-state index in [2.05, 4.69) is 26.9 Å². The number of benzene rings is 1. The maximum Gasteiger partial charge on any atom is 0.237 e. The first-order chi connectivity index (χ1) is 11.6. The predicted octanol–water partition coefficient (Wildman–Crippen LogP) is 5.20. The molecule has 124 valence electrons. The maximum absolute atomic E-state index is 5.98. The van der Waals surface area contributed by atoms with Crippen molar-refractivity contribution in [1.29, 1.82) is 0 Å². The first-order valence-corrected chi connectivity index (χ1v) is 10.1. The van der Waals surface area contributed by atoms with Crippen LogP contribution in [0.3, 0.4) is 0 Å². The summed E-state index contributed by atoms with van der Waals surface area (Å²) in [4.78, 5) is 4.39. The second-order valence-corrected chi connectivity index (χ2v) is 8.75. The minimum Gasteiger partial charge on any atom is -0.338 e. The molecule has 2 heterocycles. The Morgan fingerprint density at radius 3 is 2.83 bits per heavy atom. The van der Waals surface area contributed by atoms with Gasteiger partial charge in [0.05, 0.1) is 5.75 Å². The molecule has 0 atom stereocenters. The topological polar surface area (TPSA) is 64.7 Å². The fourth-order valence-electron chi connectivity index (χ4n) is 1.68. The Kier molecular flexibility index (Phi) is 5.94. The SMILES string of the molecule is C=C(C)CSc1nnc(SCc2nc(-c3cccc(Cl)c3)no2)s1. The van der Waals surface area contributed by atoms with Gasteiger partial charge in [0.1, 0.15) is 0 Å². The van der Waals surface area contributed by atoms with Crippen LogP contribution < -0.4 is 0 Å². The highest BCUT2D eigenvalue weighted by Crippen LogP contribution is 2.31. The summed E-state index contributed by atoms with van der Waals surface area (Å²) in [7, 11) is 0. The van der Waals surface area contributed by atoms with Crippen LogP contribution in [-0.4, -0.2) is 26.1 Å². The molecule has 0 saturated carbocycles. The Hall–Kier alpha value is -1.35. The molecule has 3 aromatic rings. The van der Waals surface area contributed by atoms with Gasteiger partial charge >= 0.3 is 0 Å². The van der Waals surface area contributed by atoms with Gasteiger partial charge in [-0.1, -0.05) is 75.9 Å². The van der Waals surface area contributed by atoms with Crippen molar-refractivity contribution in [2.24, 2.45) is 0 Å². The summed E-state index contributed by atoms with van der Waals surface area (Å²) >= 11 is 10.7. The zero-order valence-electron chi connectivity index (χ0n) is 12.7. The van der Waals surface area contributed by atoms with Gasteiger partial charge in [-0.3, -0.25) is 0 Å². The Bertz CT molecular complexity index is 849. The molecule has 0 saturated heterocycles. The summed E-state index contributed by atoms with van der Waals surface area (Å²) in [6.45, 7) is 5.88. The van der Waals surface area contributed by atoms with E-state index in [1.807, 2.05) is 19.1 Å². The van der Waals surface area contributed by atoms with E-state index in [1.165, 1.54) is 11.8 Å². The van der Waals surface area contributed by atoms with Crippen LogP contribution in [0.5, 0.6) is 0 Å². The fraction of sp³-hybridized carbons (Fsp3) is 0.200. The molecule has 0 aliphatic carbocycles. The van der Waals surface area contributed by atoms with Crippen molar-refractivity contribution < 1.29 is 4.52 Å². The van der Waals surface area contributed by atoms with Gasteiger partial charge in [0.2, 0.25) is 11.7 Å². The van der Waals surface area contributed by atoms with Crippen LogP contribution in [0.2, 0.25) is 5.02 Å².